The summed E-state index contributed by atoms with van der Waals surface area (Å²) >= 11 is 1.46. The number of fused-ring (bicyclic) bond motifs is 1. The smallest absolute Gasteiger partial charge is 0.407 e. The van der Waals surface area contributed by atoms with E-state index in [9.17, 15) is 9.90 Å². The molecule has 3 aromatic rings. The highest BCUT2D eigenvalue weighted by Gasteiger charge is 2.25. The SMILES string of the molecule is C[Si](C)(C)CCOCn1ccc2c(N[C@@H]3CCCN(C(=O)O)C3)c(-c3nncs3)cnc21. The number of likely N-dealkylation sites (tertiary alicyclic amines) is 1. The number of ether oxygens (including phenoxy) is 1. The monoisotopic (exact) mass is 474 g/mol. The number of aromatic nitrogens is 4. The molecule has 3 aromatic heterocycles. The molecule has 4 rings (SSSR count). The second-order valence-corrected chi connectivity index (χ2v) is 15.8. The van der Waals surface area contributed by atoms with Crippen LogP contribution in [0.15, 0.2) is 24.0 Å². The molecule has 0 unspecified atom stereocenters. The van der Waals surface area contributed by atoms with Gasteiger partial charge in [0.25, 0.3) is 0 Å². The average Bonchev–Trinajstić information content (AvgIpc) is 3.41. The topological polar surface area (TPSA) is 105 Å². The number of nitrogens with one attached hydrogen (secondary N) is 1. The Hall–Kier alpha value is -2.50. The van der Waals surface area contributed by atoms with Crippen LogP contribution in [0.2, 0.25) is 25.7 Å². The minimum atomic E-state index is -1.14. The van der Waals surface area contributed by atoms with E-state index in [0.29, 0.717) is 19.8 Å². The van der Waals surface area contributed by atoms with Gasteiger partial charge in [0.2, 0.25) is 0 Å². The van der Waals surface area contributed by atoms with Crippen molar-refractivity contribution in [1.29, 1.82) is 0 Å². The van der Waals surface area contributed by atoms with Crippen LogP contribution in [-0.2, 0) is 11.5 Å². The van der Waals surface area contributed by atoms with Crippen LogP contribution in [0, 0.1) is 0 Å². The number of nitrogens with zero attached hydrogens (tertiary/aromatic N) is 5. The Bertz CT molecular complexity index is 1070. The van der Waals surface area contributed by atoms with E-state index in [-0.39, 0.29) is 6.04 Å². The summed E-state index contributed by atoms with van der Waals surface area (Å²) in [4.78, 5) is 17.6. The zero-order valence-electron chi connectivity index (χ0n) is 18.7. The van der Waals surface area contributed by atoms with Crippen molar-refractivity contribution in [2.24, 2.45) is 0 Å². The highest BCUT2D eigenvalue weighted by Crippen LogP contribution is 2.36. The van der Waals surface area contributed by atoms with E-state index in [4.69, 9.17) is 9.72 Å². The van der Waals surface area contributed by atoms with Gasteiger partial charge in [-0.1, -0.05) is 31.0 Å². The van der Waals surface area contributed by atoms with Gasteiger partial charge in [0.05, 0.1) is 11.3 Å². The van der Waals surface area contributed by atoms with Crippen molar-refractivity contribution >= 4 is 42.2 Å². The molecule has 0 spiro atoms. The Morgan fingerprint density at radius 2 is 2.25 bits per heavy atom. The van der Waals surface area contributed by atoms with Crippen molar-refractivity contribution in [1.82, 2.24) is 24.6 Å². The largest absolute Gasteiger partial charge is 0.465 e. The highest BCUT2D eigenvalue weighted by molar-refractivity contribution is 7.12. The third kappa shape index (κ3) is 5.27. The molecule has 0 radical (unpaired) electrons. The molecule has 0 bridgehead atoms. The second-order valence-electron chi connectivity index (χ2n) is 9.37. The number of pyridine rings is 1. The fourth-order valence-electron chi connectivity index (χ4n) is 3.86. The molecule has 0 aliphatic carbocycles. The number of carboxylic acid groups (broad SMARTS) is 1. The Labute approximate surface area is 192 Å². The summed E-state index contributed by atoms with van der Waals surface area (Å²) in [5, 5.41) is 23.0. The van der Waals surface area contributed by atoms with Gasteiger partial charge in [0.15, 0.2) is 5.01 Å². The predicted octanol–water partition coefficient (Wildman–Crippen LogP) is 4.42. The molecule has 1 aliphatic rings. The lowest BCUT2D eigenvalue weighted by Gasteiger charge is -2.32. The Balaban J connectivity index is 1.60. The number of amides is 1. The first-order valence-corrected chi connectivity index (χ1v) is 15.5. The van der Waals surface area contributed by atoms with Gasteiger partial charge in [-0.15, -0.1) is 10.2 Å². The number of anilines is 1. The summed E-state index contributed by atoms with van der Waals surface area (Å²) in [5.74, 6) is 0. The van der Waals surface area contributed by atoms with Crippen LogP contribution < -0.4 is 5.32 Å². The maximum absolute atomic E-state index is 11.5. The summed E-state index contributed by atoms with van der Waals surface area (Å²) in [5.41, 5.74) is 4.34. The number of rotatable bonds is 8. The van der Waals surface area contributed by atoms with E-state index in [1.807, 2.05) is 23.0 Å². The van der Waals surface area contributed by atoms with E-state index in [2.05, 4.69) is 35.2 Å². The molecule has 1 saturated heterocycles. The van der Waals surface area contributed by atoms with Crippen LogP contribution in [0.25, 0.3) is 21.6 Å². The van der Waals surface area contributed by atoms with E-state index in [1.165, 1.54) is 16.2 Å². The lowest BCUT2D eigenvalue weighted by Crippen LogP contribution is -2.44. The van der Waals surface area contributed by atoms with Crippen molar-refractivity contribution in [3.05, 3.63) is 24.0 Å². The number of hydrogen-bond acceptors (Lipinski definition) is 7. The quantitative estimate of drug-likeness (QED) is 0.368. The van der Waals surface area contributed by atoms with Crippen molar-refractivity contribution in [2.75, 3.05) is 25.0 Å². The molecule has 1 aliphatic heterocycles. The van der Waals surface area contributed by atoms with Crippen molar-refractivity contribution in [3.63, 3.8) is 0 Å². The normalized spacial score (nSPS) is 17.1. The molecule has 1 fully saturated rings. The van der Waals surface area contributed by atoms with Gasteiger partial charge < -0.3 is 24.6 Å². The minimum Gasteiger partial charge on any atom is -0.465 e. The first kappa shape index (κ1) is 22.7. The number of hydrogen-bond donors (Lipinski definition) is 2. The highest BCUT2D eigenvalue weighted by atomic mass is 32.1. The predicted molar refractivity (Wildman–Crippen MR) is 129 cm³/mol. The molecular weight excluding hydrogens is 444 g/mol. The van der Waals surface area contributed by atoms with E-state index < -0.39 is 14.2 Å². The van der Waals surface area contributed by atoms with Gasteiger partial charge in [-0.3, -0.25) is 0 Å². The van der Waals surface area contributed by atoms with Crippen molar-refractivity contribution in [2.45, 2.75) is 51.3 Å². The average molecular weight is 475 g/mol. The van der Waals surface area contributed by atoms with Gasteiger partial charge in [-0.05, 0) is 25.0 Å². The van der Waals surface area contributed by atoms with E-state index in [1.54, 1.807) is 5.51 Å². The van der Waals surface area contributed by atoms with Crippen molar-refractivity contribution < 1.29 is 14.6 Å². The Kier molecular flexibility index (Phi) is 6.77. The summed E-state index contributed by atoms with van der Waals surface area (Å²) in [6.45, 7) is 9.25. The first-order valence-electron chi connectivity index (χ1n) is 10.9. The second kappa shape index (κ2) is 9.55. The molecule has 32 heavy (non-hydrogen) atoms. The van der Waals surface area contributed by atoms with E-state index in [0.717, 1.165) is 52.8 Å². The lowest BCUT2D eigenvalue weighted by atomic mass is 10.0. The zero-order valence-corrected chi connectivity index (χ0v) is 20.6. The third-order valence-corrected chi connectivity index (χ3v) is 8.07. The summed E-state index contributed by atoms with van der Waals surface area (Å²) in [7, 11) is -1.14. The van der Waals surface area contributed by atoms with Crippen molar-refractivity contribution in [3.8, 4) is 10.6 Å². The van der Waals surface area contributed by atoms with E-state index >= 15 is 0 Å². The fourth-order valence-corrected chi connectivity index (χ4v) is 5.19. The van der Waals surface area contributed by atoms with Gasteiger partial charge in [-0.25, -0.2) is 9.78 Å². The Morgan fingerprint density at radius 1 is 1.41 bits per heavy atom. The standard InChI is InChI=1S/C21H30N6O3SSi/c1-32(2,3)10-9-30-14-27-8-6-16-18(24-15-5-4-7-26(12-15)21(28)29)17(11-22-19(16)27)20-25-23-13-31-20/h6,8,11,13,15H,4-5,7,9-10,12,14H2,1-3H3,(H,22,24)(H,28,29)/t15-/m1/s1. The van der Waals surface area contributed by atoms with Crippen LogP contribution in [0.3, 0.4) is 0 Å². The zero-order chi connectivity index (χ0) is 22.7. The van der Waals surface area contributed by atoms with Crippen LogP contribution >= 0.6 is 11.3 Å². The van der Waals surface area contributed by atoms with Crippen LogP contribution in [0.1, 0.15) is 12.8 Å². The van der Waals surface area contributed by atoms with Crippen LogP contribution in [-0.4, -0.2) is 69.7 Å². The molecular formula is C21H30N6O3SSi. The molecule has 11 heteroatoms. The molecule has 1 atom stereocenters. The summed E-state index contributed by atoms with van der Waals surface area (Å²) in [6.07, 6.45) is 4.68. The molecule has 4 heterocycles. The maximum atomic E-state index is 11.5. The molecule has 172 valence electrons. The number of carbonyl (C=O) groups is 1. The molecule has 9 nitrogen and oxygen atoms in total. The first-order chi connectivity index (χ1) is 15.3. The van der Waals surface area contributed by atoms with Gasteiger partial charge in [0.1, 0.15) is 17.9 Å². The van der Waals surface area contributed by atoms with Gasteiger partial charge in [0, 0.05) is 51.6 Å². The number of piperidine rings is 1. The molecule has 1 amide bonds. The molecule has 2 N–H and O–H groups in total. The Morgan fingerprint density at radius 3 is 2.97 bits per heavy atom. The van der Waals surface area contributed by atoms with Gasteiger partial charge >= 0.3 is 6.09 Å². The van der Waals surface area contributed by atoms with Crippen LogP contribution in [0.5, 0.6) is 0 Å². The molecule has 0 aromatic carbocycles. The third-order valence-electron chi connectivity index (χ3n) is 5.65. The maximum Gasteiger partial charge on any atom is 0.407 e. The minimum absolute atomic E-state index is 0.0217. The summed E-state index contributed by atoms with van der Waals surface area (Å²) < 4.78 is 7.95. The summed E-state index contributed by atoms with van der Waals surface area (Å²) in [6, 6.07) is 3.18. The lowest BCUT2D eigenvalue weighted by molar-refractivity contribution is 0.0899. The fraction of sp³-hybridized carbons (Fsp3) is 0.524. The molecule has 0 saturated carbocycles. The van der Waals surface area contributed by atoms with Gasteiger partial charge in [-0.2, -0.15) is 0 Å². The van der Waals surface area contributed by atoms with Crippen LogP contribution in [0.4, 0.5) is 10.5 Å².